The summed E-state index contributed by atoms with van der Waals surface area (Å²) in [5, 5.41) is 7.67. The zero-order valence-corrected chi connectivity index (χ0v) is 9.77. The fourth-order valence-electron chi connectivity index (χ4n) is 0.942. The van der Waals surface area contributed by atoms with Gasteiger partial charge in [0.1, 0.15) is 0 Å². The van der Waals surface area contributed by atoms with Crippen LogP contribution in [0.15, 0.2) is 36.5 Å². The van der Waals surface area contributed by atoms with E-state index in [9.17, 15) is 0 Å². The van der Waals surface area contributed by atoms with Gasteiger partial charge in [-0.15, -0.1) is 11.8 Å². The first-order valence-electron chi connectivity index (χ1n) is 3.63. The summed E-state index contributed by atoms with van der Waals surface area (Å²) in [5.74, 6) is 0. The maximum Gasteiger partial charge on any atom is 0 e. The van der Waals surface area contributed by atoms with Crippen molar-refractivity contribution in [3.8, 4) is 11.3 Å². The molecule has 0 saturated heterocycles. The average Bonchev–Trinajstić information content (AvgIpc) is 2.21. The molecule has 1 aromatic heterocycles. The van der Waals surface area contributed by atoms with E-state index in [1.54, 1.807) is 12.3 Å². The predicted octanol–water partition coefficient (Wildman–Crippen LogP) is 1.74. The van der Waals surface area contributed by atoms with Gasteiger partial charge in [0.2, 0.25) is 0 Å². The maximum atomic E-state index is 3.91. The number of nitrogens with zero attached hydrogens (tertiary/aromatic N) is 2. The number of rotatable bonds is 1. The summed E-state index contributed by atoms with van der Waals surface area (Å²) in [6, 6.07) is 15.4. The van der Waals surface area contributed by atoms with Crippen molar-refractivity contribution in [2.75, 3.05) is 0 Å². The Bertz CT molecular complexity index is 310. The molecule has 1 heterocycles. The third-order valence-electron chi connectivity index (χ3n) is 1.48. The summed E-state index contributed by atoms with van der Waals surface area (Å²) in [6.45, 7) is 0. The van der Waals surface area contributed by atoms with Crippen LogP contribution in [-0.2, 0) is 32.7 Å². The topological polar surface area (TPSA) is 25.8 Å². The Kier molecular flexibility index (Phi) is 4.20. The molecule has 0 bridgehead atoms. The molecule has 0 spiro atoms. The fraction of sp³-hybridized carbons (Fsp3) is 0. The van der Waals surface area contributed by atoms with E-state index in [0.29, 0.717) is 0 Å². The van der Waals surface area contributed by atoms with Gasteiger partial charge in [-0.1, -0.05) is 6.20 Å². The Morgan fingerprint density at radius 1 is 1.08 bits per heavy atom. The van der Waals surface area contributed by atoms with Gasteiger partial charge in [0.15, 0.2) is 0 Å². The van der Waals surface area contributed by atoms with Gasteiger partial charge in [0.05, 0.1) is 0 Å². The Hall–Kier alpha value is -0.596. The third-order valence-corrected chi connectivity index (χ3v) is 1.48. The molecule has 0 unspecified atom stereocenters. The van der Waals surface area contributed by atoms with Crippen LogP contribution in [0.2, 0.25) is 0 Å². The molecule has 0 amide bonds. The van der Waals surface area contributed by atoms with Gasteiger partial charge >= 0.3 is 0 Å². The first-order chi connectivity index (χ1) is 5.97. The van der Waals surface area contributed by atoms with Crippen molar-refractivity contribution < 1.29 is 32.7 Å². The van der Waals surface area contributed by atoms with Crippen molar-refractivity contribution in [3.63, 3.8) is 0 Å². The normalized spacial score (nSPS) is 8.92. The Morgan fingerprint density at radius 2 is 2.00 bits per heavy atom. The van der Waals surface area contributed by atoms with Crippen molar-refractivity contribution in [2.45, 2.75) is 0 Å². The molecule has 0 aliphatic carbocycles. The Labute approximate surface area is 102 Å². The van der Waals surface area contributed by atoms with Gasteiger partial charge < -0.3 is 0 Å². The molecule has 0 saturated carbocycles. The third kappa shape index (κ3) is 2.68. The van der Waals surface area contributed by atoms with Crippen LogP contribution in [0.4, 0.5) is 0 Å². The summed E-state index contributed by atoms with van der Waals surface area (Å²) < 4.78 is 0. The summed E-state index contributed by atoms with van der Waals surface area (Å²) in [6.07, 6.45) is 1.60. The van der Waals surface area contributed by atoms with Gasteiger partial charge in [-0.2, -0.15) is 24.3 Å². The number of aromatic nitrogens is 2. The Balaban J connectivity index is 0.000000845. The molecule has 0 aliphatic heterocycles. The molecule has 2 nitrogen and oxygen atoms in total. The molecule has 0 fully saturated rings. The monoisotopic (exact) mass is 243 g/mol. The summed E-state index contributed by atoms with van der Waals surface area (Å²) >= 11 is 0. The molecule has 0 N–H and O–H groups in total. The molecular weight excluding hydrogens is 237 g/mol. The van der Waals surface area contributed by atoms with Crippen molar-refractivity contribution in [1.29, 1.82) is 0 Å². The van der Waals surface area contributed by atoms with Crippen LogP contribution in [0.25, 0.3) is 11.3 Å². The number of hydrogen-bond acceptors (Lipinski definition) is 2. The largest absolute Gasteiger partial charge is 0.241 e. The van der Waals surface area contributed by atoms with Crippen LogP contribution in [0, 0.1) is 12.1 Å². The summed E-state index contributed by atoms with van der Waals surface area (Å²) in [7, 11) is 0. The van der Waals surface area contributed by atoms with E-state index in [0.717, 1.165) is 11.3 Å². The molecule has 0 aliphatic rings. The van der Waals surface area contributed by atoms with Crippen LogP contribution in [0.1, 0.15) is 0 Å². The first kappa shape index (κ1) is 10.5. The van der Waals surface area contributed by atoms with Crippen molar-refractivity contribution in [1.82, 2.24) is 10.2 Å². The number of benzene rings is 1. The van der Waals surface area contributed by atoms with Gasteiger partial charge in [-0.05, 0) is 0 Å². The average molecular weight is 243 g/mol. The zero-order chi connectivity index (χ0) is 8.23. The van der Waals surface area contributed by atoms with E-state index in [1.165, 1.54) is 0 Å². The van der Waals surface area contributed by atoms with Gasteiger partial charge in [-0.25, -0.2) is 27.9 Å². The molecule has 13 heavy (non-hydrogen) atoms. The van der Waals surface area contributed by atoms with Gasteiger partial charge in [-0.3, -0.25) is 0 Å². The Morgan fingerprint density at radius 3 is 2.62 bits per heavy atom. The van der Waals surface area contributed by atoms with Crippen LogP contribution < -0.4 is 0 Å². The smallest absolute Gasteiger partial charge is 0 e. The minimum absolute atomic E-state index is 0. The van der Waals surface area contributed by atoms with Gasteiger partial charge in [0.25, 0.3) is 0 Å². The van der Waals surface area contributed by atoms with E-state index < -0.39 is 0 Å². The standard InChI is InChI=1S/C10H6N2.Y/c1-2-5-9(6-3-1)10-7-4-8-11-12-10;/h1-5,8H;/q-2;. The van der Waals surface area contributed by atoms with E-state index in [1.807, 2.05) is 24.3 Å². The minimum Gasteiger partial charge on any atom is -0.241 e. The molecule has 0 atom stereocenters. The van der Waals surface area contributed by atoms with Crippen LogP contribution in [0.3, 0.4) is 0 Å². The molecule has 2 rings (SSSR count). The number of hydrogen-bond donors (Lipinski definition) is 0. The van der Waals surface area contributed by atoms with E-state index in [-0.39, 0.29) is 32.7 Å². The van der Waals surface area contributed by atoms with Crippen LogP contribution in [0.5, 0.6) is 0 Å². The van der Waals surface area contributed by atoms with Gasteiger partial charge in [0, 0.05) is 32.7 Å². The SMILES string of the molecule is [Y].[c-]1ccccc1-c1[c-]ccnn1. The molecule has 3 heteroatoms. The molecular formula is C10H6N2Y-2. The summed E-state index contributed by atoms with van der Waals surface area (Å²) in [5.41, 5.74) is 1.66. The molecule has 1 radical (unpaired) electrons. The second kappa shape index (κ2) is 5.20. The zero-order valence-electron chi connectivity index (χ0n) is 6.94. The van der Waals surface area contributed by atoms with E-state index in [4.69, 9.17) is 0 Å². The van der Waals surface area contributed by atoms with Crippen LogP contribution in [-0.4, -0.2) is 10.2 Å². The molecule has 61 valence electrons. The maximum absolute atomic E-state index is 3.91. The van der Waals surface area contributed by atoms with E-state index >= 15 is 0 Å². The first-order valence-corrected chi connectivity index (χ1v) is 3.63. The second-order valence-corrected chi connectivity index (χ2v) is 2.30. The predicted molar refractivity (Wildman–Crippen MR) is 45.1 cm³/mol. The van der Waals surface area contributed by atoms with Crippen LogP contribution >= 0.6 is 0 Å². The minimum atomic E-state index is 0. The molecule has 2 aromatic rings. The second-order valence-electron chi connectivity index (χ2n) is 2.30. The van der Waals surface area contributed by atoms with E-state index in [2.05, 4.69) is 22.3 Å². The van der Waals surface area contributed by atoms with Crippen molar-refractivity contribution >= 4 is 0 Å². The van der Waals surface area contributed by atoms with Crippen molar-refractivity contribution in [3.05, 3.63) is 48.7 Å². The fourth-order valence-corrected chi connectivity index (χ4v) is 0.942. The van der Waals surface area contributed by atoms with Crippen molar-refractivity contribution in [2.24, 2.45) is 0 Å². The quantitative estimate of drug-likeness (QED) is 0.713. The summed E-state index contributed by atoms with van der Waals surface area (Å²) in [4.78, 5) is 0. The molecule has 1 aromatic carbocycles.